The molecule has 7 nitrogen and oxygen atoms in total. The maximum atomic E-state index is 13.3. The summed E-state index contributed by atoms with van der Waals surface area (Å²) in [5.41, 5.74) is 2.31. The minimum Gasteiger partial charge on any atom is -0.481 e. The molecule has 0 bridgehead atoms. The largest absolute Gasteiger partial charge is 0.481 e. The number of benzene rings is 2. The van der Waals surface area contributed by atoms with Crippen LogP contribution in [0.15, 0.2) is 59.5 Å². The van der Waals surface area contributed by atoms with Crippen LogP contribution in [-0.4, -0.2) is 41.7 Å². The van der Waals surface area contributed by atoms with E-state index < -0.39 is 6.10 Å². The third kappa shape index (κ3) is 3.22. The van der Waals surface area contributed by atoms with E-state index in [9.17, 15) is 9.59 Å². The first-order chi connectivity index (χ1) is 15.6. The minimum absolute atomic E-state index is 0.0708. The van der Waals surface area contributed by atoms with Gasteiger partial charge in [0.25, 0.3) is 11.5 Å². The molecule has 1 atom stereocenters. The quantitative estimate of drug-likeness (QED) is 0.316. The number of amides is 1. The molecule has 1 N–H and O–H groups in total. The number of ether oxygens (including phenoxy) is 2. The zero-order valence-corrected chi connectivity index (χ0v) is 17.9. The highest BCUT2D eigenvalue weighted by Gasteiger charge is 2.19. The van der Waals surface area contributed by atoms with Crippen molar-refractivity contribution in [2.24, 2.45) is 0 Å². The van der Waals surface area contributed by atoms with E-state index in [0.717, 1.165) is 39.1 Å². The molecule has 1 amide bonds. The Labute approximate surface area is 183 Å². The van der Waals surface area contributed by atoms with Crippen LogP contribution in [0.4, 0.5) is 0 Å². The maximum absolute atomic E-state index is 13.3. The number of rotatable bonds is 7. The summed E-state index contributed by atoms with van der Waals surface area (Å²) in [4.78, 5) is 30.2. The molecular weight excluding hydrogens is 406 g/mol. The number of aromatic nitrogens is 2. The van der Waals surface area contributed by atoms with Crippen LogP contribution in [0.2, 0.25) is 0 Å². The third-order valence-corrected chi connectivity index (χ3v) is 5.77. The van der Waals surface area contributed by atoms with Gasteiger partial charge in [-0.25, -0.2) is 0 Å². The average Bonchev–Trinajstić information content (AvgIpc) is 3.15. The van der Waals surface area contributed by atoms with Gasteiger partial charge in [0.1, 0.15) is 5.75 Å². The second-order valence-corrected chi connectivity index (χ2v) is 7.82. The maximum Gasteiger partial charge on any atom is 0.263 e. The van der Waals surface area contributed by atoms with Crippen LogP contribution in [0.1, 0.15) is 13.3 Å². The summed E-state index contributed by atoms with van der Waals surface area (Å²) in [6, 6.07) is 15.0. The molecule has 2 aromatic carbocycles. The van der Waals surface area contributed by atoms with E-state index in [1.54, 1.807) is 30.7 Å². The van der Waals surface area contributed by atoms with Gasteiger partial charge in [0.15, 0.2) is 6.10 Å². The van der Waals surface area contributed by atoms with Gasteiger partial charge in [-0.2, -0.15) is 0 Å². The van der Waals surface area contributed by atoms with E-state index in [4.69, 9.17) is 9.47 Å². The van der Waals surface area contributed by atoms with Crippen molar-refractivity contribution >= 4 is 44.0 Å². The number of carbonyl (C=O) groups is 1. The molecule has 5 rings (SSSR count). The Kier molecular flexibility index (Phi) is 5.11. The van der Waals surface area contributed by atoms with Crippen LogP contribution >= 0.6 is 0 Å². The zero-order valence-electron chi connectivity index (χ0n) is 17.9. The lowest BCUT2D eigenvalue weighted by Crippen LogP contribution is -2.37. The van der Waals surface area contributed by atoms with Crippen LogP contribution in [0.5, 0.6) is 5.75 Å². The monoisotopic (exact) mass is 429 g/mol. The Morgan fingerprint density at radius 1 is 1.09 bits per heavy atom. The molecule has 0 radical (unpaired) electrons. The van der Waals surface area contributed by atoms with Crippen LogP contribution in [0, 0.1) is 0 Å². The van der Waals surface area contributed by atoms with E-state index in [1.165, 1.54) is 0 Å². The van der Waals surface area contributed by atoms with Crippen LogP contribution in [-0.2, 0) is 9.53 Å². The fourth-order valence-corrected chi connectivity index (χ4v) is 4.25. The van der Waals surface area contributed by atoms with Gasteiger partial charge in [0.2, 0.25) is 0 Å². The van der Waals surface area contributed by atoms with E-state index >= 15 is 0 Å². The third-order valence-electron chi connectivity index (χ3n) is 5.77. The molecule has 0 saturated carbocycles. The first-order valence-corrected chi connectivity index (χ1v) is 10.6. The number of hydrogen-bond donors (Lipinski definition) is 1. The highest BCUT2D eigenvalue weighted by Crippen LogP contribution is 2.34. The number of nitrogens with one attached hydrogen (secondary N) is 1. The van der Waals surface area contributed by atoms with Gasteiger partial charge in [0.05, 0.1) is 16.6 Å². The lowest BCUT2D eigenvalue weighted by Gasteiger charge is -2.14. The molecule has 7 heteroatoms. The highest BCUT2D eigenvalue weighted by atomic mass is 16.5. The standard InChI is InChI=1S/C25H23N3O4/c1-15(24(29)27-11-5-13-31-2)32-16-8-9-21-20(14-16)18-10-12-26-22-17-6-3-4-7-19(17)25(30)28(21)23(18)22/h3-4,6-10,12,14-15H,5,11,13H2,1-2H3,(H,27,29)/t15-/m0/s1. The fraction of sp³-hybridized carbons (Fsp3) is 0.240. The Morgan fingerprint density at radius 3 is 2.72 bits per heavy atom. The SMILES string of the molecule is COCCCNC(=O)[C@H](C)Oc1ccc2c(c1)c1ccnc3c4ccccc4c(=O)n2c13. The lowest BCUT2D eigenvalue weighted by atomic mass is 10.1. The number of fused-ring (bicyclic) bond motifs is 5. The van der Waals surface area contributed by atoms with Gasteiger partial charge < -0.3 is 14.8 Å². The molecular formula is C25H23N3O4. The van der Waals surface area contributed by atoms with Gasteiger partial charge in [-0.1, -0.05) is 18.2 Å². The van der Waals surface area contributed by atoms with Gasteiger partial charge >= 0.3 is 0 Å². The van der Waals surface area contributed by atoms with Crippen molar-refractivity contribution < 1.29 is 14.3 Å². The molecule has 0 aliphatic carbocycles. The van der Waals surface area contributed by atoms with Crippen molar-refractivity contribution in [1.29, 1.82) is 0 Å². The topological polar surface area (TPSA) is 81.9 Å². The van der Waals surface area contributed by atoms with Crippen LogP contribution in [0.3, 0.4) is 0 Å². The predicted molar refractivity (Wildman–Crippen MR) is 125 cm³/mol. The molecule has 162 valence electrons. The molecule has 3 aromatic heterocycles. The minimum atomic E-state index is -0.651. The van der Waals surface area contributed by atoms with Crippen molar-refractivity contribution in [1.82, 2.24) is 14.7 Å². The Hall–Kier alpha value is -3.71. The van der Waals surface area contributed by atoms with Crippen molar-refractivity contribution in [3.05, 3.63) is 65.1 Å². The number of hydrogen-bond acceptors (Lipinski definition) is 5. The van der Waals surface area contributed by atoms with Crippen LogP contribution < -0.4 is 15.6 Å². The zero-order chi connectivity index (χ0) is 22.2. The average molecular weight is 429 g/mol. The van der Waals surface area contributed by atoms with E-state index in [0.29, 0.717) is 24.3 Å². The second-order valence-electron chi connectivity index (χ2n) is 7.82. The Morgan fingerprint density at radius 2 is 1.91 bits per heavy atom. The van der Waals surface area contributed by atoms with Gasteiger partial charge in [-0.3, -0.25) is 19.0 Å². The molecule has 0 spiro atoms. The summed E-state index contributed by atoms with van der Waals surface area (Å²) < 4.78 is 12.6. The molecule has 3 heterocycles. The molecule has 0 fully saturated rings. The van der Waals surface area contributed by atoms with E-state index in [2.05, 4.69) is 10.3 Å². The number of nitrogens with zero attached hydrogens (tertiary/aromatic N) is 2. The number of methoxy groups -OCH3 is 1. The van der Waals surface area contributed by atoms with Crippen molar-refractivity contribution in [2.45, 2.75) is 19.4 Å². The van der Waals surface area contributed by atoms with Crippen molar-refractivity contribution in [3.8, 4) is 5.75 Å². The van der Waals surface area contributed by atoms with Gasteiger partial charge in [-0.05, 0) is 43.7 Å². The predicted octanol–water partition coefficient (Wildman–Crippen LogP) is 3.51. The number of pyridine rings is 2. The highest BCUT2D eigenvalue weighted by molar-refractivity contribution is 6.18. The second kappa shape index (κ2) is 8.09. The van der Waals surface area contributed by atoms with Crippen molar-refractivity contribution in [3.63, 3.8) is 0 Å². The van der Waals surface area contributed by atoms with E-state index in [-0.39, 0.29) is 11.5 Å². The molecule has 0 saturated heterocycles. The summed E-state index contributed by atoms with van der Waals surface area (Å²) >= 11 is 0. The first-order valence-electron chi connectivity index (χ1n) is 10.6. The first kappa shape index (κ1) is 20.2. The molecule has 0 aliphatic rings. The summed E-state index contributed by atoms with van der Waals surface area (Å²) in [7, 11) is 1.63. The Bertz CT molecular complexity index is 1510. The molecule has 0 unspecified atom stereocenters. The molecule has 5 aromatic rings. The normalized spacial score (nSPS) is 12.7. The van der Waals surface area contributed by atoms with Crippen molar-refractivity contribution in [2.75, 3.05) is 20.3 Å². The van der Waals surface area contributed by atoms with Gasteiger partial charge in [-0.15, -0.1) is 0 Å². The van der Waals surface area contributed by atoms with Crippen LogP contribution in [0.25, 0.3) is 38.1 Å². The summed E-state index contributed by atoms with van der Waals surface area (Å²) in [6.45, 7) is 2.84. The van der Waals surface area contributed by atoms with E-state index in [1.807, 2.05) is 42.5 Å². The number of carbonyl (C=O) groups excluding carboxylic acids is 1. The van der Waals surface area contributed by atoms with Gasteiger partial charge in [0, 0.05) is 48.0 Å². The molecule has 0 aliphatic heterocycles. The smallest absolute Gasteiger partial charge is 0.263 e. The summed E-state index contributed by atoms with van der Waals surface area (Å²) in [5, 5.41) is 6.14. The fourth-order valence-electron chi connectivity index (χ4n) is 4.25. The summed E-state index contributed by atoms with van der Waals surface area (Å²) in [6.07, 6.45) is 1.85. The lowest BCUT2D eigenvalue weighted by molar-refractivity contribution is -0.127. The molecule has 32 heavy (non-hydrogen) atoms. The summed E-state index contributed by atoms with van der Waals surface area (Å²) in [5.74, 6) is 0.386. The Balaban J connectivity index is 1.57.